The molecule has 8 rings (SSSR count). The summed E-state index contributed by atoms with van der Waals surface area (Å²) in [5, 5.41) is 0. The standard InChI is InChI=1S/C23H28O4S/c1-2-4-16(5-3-1)21-24-12-17-18(27-21)19-20(26-19)22(25-17)28-23-9-13-6-14(10-23)8-15(7-13)11-23/h1-5,13-15,17-22H,6-12H2/t13?,14?,15?,17-,18-,19+,20+,21?,22+,23?/m1/s1. The average Bonchev–Trinajstić information content (AvgIpc) is 3.49. The van der Waals surface area contributed by atoms with Gasteiger partial charge in [0.1, 0.15) is 29.9 Å². The molecule has 0 radical (unpaired) electrons. The van der Waals surface area contributed by atoms with Crippen LogP contribution in [0.25, 0.3) is 0 Å². The Morgan fingerprint density at radius 1 is 0.786 bits per heavy atom. The van der Waals surface area contributed by atoms with E-state index in [4.69, 9.17) is 18.9 Å². The number of epoxide rings is 1. The first kappa shape index (κ1) is 17.1. The number of hydrogen-bond donors (Lipinski definition) is 0. The van der Waals surface area contributed by atoms with Crippen molar-refractivity contribution in [1.82, 2.24) is 0 Å². The van der Waals surface area contributed by atoms with Crippen molar-refractivity contribution in [1.29, 1.82) is 0 Å². The molecule has 1 unspecified atom stereocenters. The van der Waals surface area contributed by atoms with Crippen LogP contribution in [0.1, 0.15) is 50.4 Å². The number of thioether (sulfide) groups is 1. The van der Waals surface area contributed by atoms with Crippen LogP contribution in [-0.2, 0) is 18.9 Å². The number of hydrogen-bond acceptors (Lipinski definition) is 5. The zero-order valence-corrected chi connectivity index (χ0v) is 16.9. The van der Waals surface area contributed by atoms with Crippen molar-refractivity contribution in [3.05, 3.63) is 35.9 Å². The van der Waals surface area contributed by atoms with Gasteiger partial charge in [0.05, 0.1) is 6.61 Å². The predicted octanol–water partition coefficient (Wildman–Crippen LogP) is 4.29. The zero-order chi connectivity index (χ0) is 18.3. The molecule has 28 heavy (non-hydrogen) atoms. The number of benzene rings is 1. The molecule has 4 saturated carbocycles. The minimum absolute atomic E-state index is 0.00262. The largest absolute Gasteiger partial charge is 0.363 e. The van der Waals surface area contributed by atoms with Gasteiger partial charge in [0, 0.05) is 10.3 Å². The van der Waals surface area contributed by atoms with Crippen molar-refractivity contribution in [3.8, 4) is 0 Å². The Morgan fingerprint density at radius 3 is 2.21 bits per heavy atom. The number of ether oxygens (including phenoxy) is 4. The van der Waals surface area contributed by atoms with Crippen molar-refractivity contribution in [2.24, 2.45) is 17.8 Å². The van der Waals surface area contributed by atoms with Gasteiger partial charge in [-0.05, 0) is 56.3 Å². The van der Waals surface area contributed by atoms with Crippen molar-refractivity contribution in [3.63, 3.8) is 0 Å². The summed E-state index contributed by atoms with van der Waals surface area (Å²) in [6.07, 6.45) is 8.74. The normalized spacial score (nSPS) is 53.5. The summed E-state index contributed by atoms with van der Waals surface area (Å²) in [4.78, 5) is 0. The van der Waals surface area contributed by atoms with E-state index in [1.54, 1.807) is 0 Å². The predicted molar refractivity (Wildman–Crippen MR) is 106 cm³/mol. The molecule has 3 heterocycles. The van der Waals surface area contributed by atoms with E-state index in [-0.39, 0.29) is 36.1 Å². The smallest absolute Gasteiger partial charge is 0.184 e. The minimum atomic E-state index is -0.303. The molecule has 150 valence electrons. The fourth-order valence-corrected chi connectivity index (χ4v) is 9.16. The quantitative estimate of drug-likeness (QED) is 0.708. The highest BCUT2D eigenvalue weighted by atomic mass is 32.2. The second-order valence-electron chi connectivity index (χ2n) is 10.0. The van der Waals surface area contributed by atoms with Crippen LogP contribution in [0.15, 0.2) is 30.3 Å². The second-order valence-corrected chi connectivity index (χ2v) is 11.6. The highest BCUT2D eigenvalue weighted by molar-refractivity contribution is 8.01. The molecule has 0 N–H and O–H groups in total. The summed E-state index contributed by atoms with van der Waals surface area (Å²) in [6.45, 7) is 0.592. The van der Waals surface area contributed by atoms with Gasteiger partial charge in [-0.3, -0.25) is 0 Å². The van der Waals surface area contributed by atoms with Gasteiger partial charge >= 0.3 is 0 Å². The third kappa shape index (κ3) is 2.73. The Labute approximate surface area is 170 Å². The summed E-state index contributed by atoms with van der Waals surface area (Å²) in [5.41, 5.74) is 1.23. The molecule has 4 aliphatic carbocycles. The number of rotatable bonds is 3. The van der Waals surface area contributed by atoms with Crippen LogP contribution in [0.2, 0.25) is 0 Å². The lowest BCUT2D eigenvalue weighted by molar-refractivity contribution is -0.276. The lowest BCUT2D eigenvalue weighted by Gasteiger charge is -2.57. The van der Waals surface area contributed by atoms with Gasteiger partial charge in [-0.1, -0.05) is 30.3 Å². The Hall–Kier alpha value is -0.590. The third-order valence-corrected chi connectivity index (χ3v) is 9.55. The molecule has 6 atom stereocenters. The second kappa shape index (κ2) is 6.21. The Morgan fingerprint density at radius 2 is 1.50 bits per heavy atom. The lowest BCUT2D eigenvalue weighted by Crippen LogP contribution is -2.54. The molecule has 1 aromatic rings. The van der Waals surface area contributed by atoms with E-state index >= 15 is 0 Å². The maximum Gasteiger partial charge on any atom is 0.184 e. The van der Waals surface area contributed by atoms with Crippen molar-refractivity contribution in [2.75, 3.05) is 6.61 Å². The first-order chi connectivity index (χ1) is 13.7. The van der Waals surface area contributed by atoms with Gasteiger partial charge in [-0.15, -0.1) is 11.8 Å². The topological polar surface area (TPSA) is 40.2 Å². The van der Waals surface area contributed by atoms with E-state index in [0.717, 1.165) is 23.3 Å². The fraction of sp³-hybridized carbons (Fsp3) is 0.739. The zero-order valence-electron chi connectivity index (χ0n) is 16.1. The third-order valence-electron chi connectivity index (χ3n) is 7.94. The summed E-state index contributed by atoms with van der Waals surface area (Å²) in [5.74, 6) is 2.91. The van der Waals surface area contributed by atoms with Gasteiger partial charge in [-0.2, -0.15) is 0 Å². The molecule has 7 fully saturated rings. The van der Waals surface area contributed by atoms with E-state index in [2.05, 4.69) is 23.9 Å². The van der Waals surface area contributed by atoms with Gasteiger partial charge in [-0.25, -0.2) is 0 Å². The maximum absolute atomic E-state index is 6.56. The van der Waals surface area contributed by atoms with Crippen LogP contribution in [0.3, 0.4) is 0 Å². The van der Waals surface area contributed by atoms with Crippen molar-refractivity contribution >= 4 is 11.8 Å². The Balaban J connectivity index is 1.06. The monoisotopic (exact) mass is 400 g/mol. The van der Waals surface area contributed by atoms with E-state index in [1.807, 2.05) is 18.2 Å². The molecule has 7 aliphatic rings. The van der Waals surface area contributed by atoms with E-state index < -0.39 is 0 Å². The van der Waals surface area contributed by atoms with Gasteiger partial charge in [0.2, 0.25) is 0 Å². The van der Waals surface area contributed by atoms with Crippen LogP contribution in [0.5, 0.6) is 0 Å². The van der Waals surface area contributed by atoms with Gasteiger partial charge < -0.3 is 18.9 Å². The summed E-state index contributed by atoms with van der Waals surface area (Å²) in [6, 6.07) is 10.2. The Kier molecular flexibility index (Phi) is 3.80. The molecule has 5 heteroatoms. The van der Waals surface area contributed by atoms with Crippen molar-refractivity contribution in [2.45, 2.75) is 79.4 Å². The first-order valence-corrected chi connectivity index (χ1v) is 11.9. The molecule has 4 nitrogen and oxygen atoms in total. The Bertz CT molecular complexity index is 719. The molecular formula is C23H28O4S. The molecule has 1 aromatic carbocycles. The van der Waals surface area contributed by atoms with Crippen LogP contribution >= 0.6 is 11.8 Å². The molecule has 0 aromatic heterocycles. The van der Waals surface area contributed by atoms with Crippen LogP contribution in [0, 0.1) is 17.8 Å². The maximum atomic E-state index is 6.56. The molecule has 3 saturated heterocycles. The first-order valence-electron chi connectivity index (χ1n) is 11.1. The van der Waals surface area contributed by atoms with Crippen LogP contribution < -0.4 is 0 Å². The summed E-state index contributed by atoms with van der Waals surface area (Å²) >= 11 is 2.12. The van der Waals surface area contributed by atoms with Gasteiger partial charge in [0.15, 0.2) is 6.29 Å². The van der Waals surface area contributed by atoms with Crippen LogP contribution in [0.4, 0.5) is 0 Å². The molecule has 0 amide bonds. The van der Waals surface area contributed by atoms with Gasteiger partial charge in [0.25, 0.3) is 0 Å². The van der Waals surface area contributed by atoms with Crippen LogP contribution in [-0.4, -0.2) is 41.2 Å². The molecule has 4 bridgehead atoms. The fourth-order valence-electron chi connectivity index (χ4n) is 7.12. The summed E-state index contributed by atoms with van der Waals surface area (Å²) < 4.78 is 25.5. The molecule has 3 aliphatic heterocycles. The van der Waals surface area contributed by atoms with E-state index in [1.165, 1.54) is 38.5 Å². The van der Waals surface area contributed by atoms with E-state index in [0.29, 0.717) is 11.4 Å². The summed E-state index contributed by atoms with van der Waals surface area (Å²) in [7, 11) is 0. The molecular weight excluding hydrogens is 372 g/mol. The van der Waals surface area contributed by atoms with Crippen molar-refractivity contribution < 1.29 is 18.9 Å². The molecule has 0 spiro atoms. The van der Waals surface area contributed by atoms with E-state index in [9.17, 15) is 0 Å². The SMILES string of the molecule is c1ccc(C2OC[C@H]3O[C@@H](SC45CC6CC(CC(C6)C4)C5)[C@H]4O[C@H]4[C@@H]3O2)cc1. The lowest BCUT2D eigenvalue weighted by atomic mass is 9.56. The average molecular weight is 401 g/mol. The number of fused-ring (bicyclic) bond motifs is 3. The highest BCUT2D eigenvalue weighted by Gasteiger charge is 2.62. The minimum Gasteiger partial charge on any atom is -0.363 e. The highest BCUT2D eigenvalue weighted by Crippen LogP contribution is 2.63.